The second kappa shape index (κ2) is 5.97. The fourth-order valence-corrected chi connectivity index (χ4v) is 1.37. The van der Waals surface area contributed by atoms with Crippen LogP contribution in [0.25, 0.3) is 0 Å². The van der Waals surface area contributed by atoms with Crippen molar-refractivity contribution in [3.05, 3.63) is 33.4 Å². The molecule has 0 bridgehead atoms. The third kappa shape index (κ3) is 3.17. The Morgan fingerprint density at radius 1 is 1.44 bits per heavy atom. The molecule has 0 saturated heterocycles. The number of hydrogen-bond donors (Lipinski definition) is 1. The van der Waals surface area contributed by atoms with Crippen LogP contribution in [0.4, 0.5) is 5.69 Å². The van der Waals surface area contributed by atoms with Gasteiger partial charge in [0.2, 0.25) is 0 Å². The van der Waals surface area contributed by atoms with Crippen LogP contribution < -0.4 is 4.74 Å². The summed E-state index contributed by atoms with van der Waals surface area (Å²) in [5.41, 5.74) is -0.164. The van der Waals surface area contributed by atoms with Crippen LogP contribution >= 0.6 is 0 Å². The van der Waals surface area contributed by atoms with Crippen LogP contribution in [0.3, 0.4) is 0 Å². The Bertz CT molecular complexity index is 471. The number of nitrogens with zero attached hydrogens (tertiary/aromatic N) is 1. The summed E-state index contributed by atoms with van der Waals surface area (Å²) in [4.78, 5) is 21.0. The van der Waals surface area contributed by atoms with Crippen LogP contribution in [0.5, 0.6) is 5.75 Å². The van der Waals surface area contributed by atoms with E-state index in [1.807, 2.05) is 0 Å². The molecule has 0 atom stereocenters. The van der Waals surface area contributed by atoms with Crippen LogP contribution in [0.2, 0.25) is 0 Å². The molecule has 0 unspecified atom stereocenters. The first-order valence-electron chi connectivity index (χ1n) is 5.11. The van der Waals surface area contributed by atoms with E-state index in [0.29, 0.717) is 12.2 Å². The van der Waals surface area contributed by atoms with Gasteiger partial charge < -0.3 is 14.6 Å². The molecule has 0 heterocycles. The predicted molar refractivity (Wildman–Crippen MR) is 62.2 cm³/mol. The van der Waals surface area contributed by atoms with Gasteiger partial charge in [0, 0.05) is 13.2 Å². The molecule has 0 aliphatic heterocycles. The lowest BCUT2D eigenvalue weighted by Gasteiger charge is -2.10. The van der Waals surface area contributed by atoms with Crippen LogP contribution in [0, 0.1) is 17.0 Å². The molecule has 0 aliphatic carbocycles. The first-order valence-corrected chi connectivity index (χ1v) is 5.11. The topological polar surface area (TPSA) is 98.9 Å². The van der Waals surface area contributed by atoms with Gasteiger partial charge in [0.05, 0.1) is 22.7 Å². The Labute approximate surface area is 103 Å². The molecule has 0 spiro atoms. The monoisotopic (exact) mass is 255 g/mol. The van der Waals surface area contributed by atoms with E-state index in [1.165, 1.54) is 20.1 Å². The molecule has 0 aliphatic rings. The van der Waals surface area contributed by atoms with E-state index >= 15 is 0 Å². The Morgan fingerprint density at radius 2 is 2.11 bits per heavy atom. The molecule has 0 fully saturated rings. The van der Waals surface area contributed by atoms with Crippen molar-refractivity contribution in [2.24, 2.45) is 0 Å². The molecule has 1 aromatic rings. The second-order valence-electron chi connectivity index (χ2n) is 3.52. The first kappa shape index (κ1) is 13.9. The number of ether oxygens (including phenoxy) is 2. The van der Waals surface area contributed by atoms with Crippen LogP contribution in [0.15, 0.2) is 12.1 Å². The van der Waals surface area contributed by atoms with Crippen molar-refractivity contribution >= 4 is 11.7 Å². The molecule has 7 heteroatoms. The first-order chi connectivity index (χ1) is 8.47. The van der Waals surface area contributed by atoms with E-state index in [4.69, 9.17) is 14.6 Å². The molecule has 18 heavy (non-hydrogen) atoms. The summed E-state index contributed by atoms with van der Waals surface area (Å²) >= 11 is 0. The van der Waals surface area contributed by atoms with E-state index in [1.54, 1.807) is 0 Å². The van der Waals surface area contributed by atoms with Gasteiger partial charge in [-0.15, -0.1) is 0 Å². The zero-order chi connectivity index (χ0) is 13.7. The smallest absolute Gasteiger partial charge is 0.336 e. The average Bonchev–Trinajstić information content (AvgIpc) is 2.30. The molecule has 7 nitrogen and oxygen atoms in total. The van der Waals surface area contributed by atoms with Crippen molar-refractivity contribution in [3.63, 3.8) is 0 Å². The Hall–Kier alpha value is -2.15. The molecule has 1 rings (SSSR count). The predicted octanol–water partition coefficient (Wildman–Crippen LogP) is 1.63. The quantitative estimate of drug-likeness (QED) is 0.471. The molecule has 0 saturated carbocycles. The van der Waals surface area contributed by atoms with E-state index in [2.05, 4.69) is 0 Å². The van der Waals surface area contributed by atoms with Crippen molar-refractivity contribution in [2.75, 3.05) is 20.3 Å². The van der Waals surface area contributed by atoms with Crippen LogP contribution in [-0.2, 0) is 4.74 Å². The number of carboxylic acids is 1. The fourth-order valence-electron chi connectivity index (χ4n) is 1.37. The highest BCUT2D eigenvalue weighted by Crippen LogP contribution is 2.29. The third-order valence-electron chi connectivity index (χ3n) is 2.32. The lowest BCUT2D eigenvalue weighted by molar-refractivity contribution is -0.385. The Morgan fingerprint density at radius 3 is 2.61 bits per heavy atom. The molecular formula is C11H13NO6. The van der Waals surface area contributed by atoms with E-state index in [0.717, 1.165) is 6.07 Å². The minimum absolute atomic E-state index is 0.179. The lowest BCUT2D eigenvalue weighted by atomic mass is 10.1. The molecule has 0 aromatic heterocycles. The minimum Gasteiger partial charge on any atom is -0.491 e. The van der Waals surface area contributed by atoms with E-state index < -0.39 is 10.9 Å². The number of carboxylic acid groups (broad SMARTS) is 1. The maximum atomic E-state index is 10.9. The van der Waals surface area contributed by atoms with E-state index in [9.17, 15) is 14.9 Å². The van der Waals surface area contributed by atoms with Gasteiger partial charge >= 0.3 is 5.97 Å². The molecule has 1 aromatic carbocycles. The van der Waals surface area contributed by atoms with Gasteiger partial charge in [0.15, 0.2) is 0 Å². The van der Waals surface area contributed by atoms with Crippen LogP contribution in [-0.4, -0.2) is 36.3 Å². The number of aromatic carboxylic acids is 1. The zero-order valence-electron chi connectivity index (χ0n) is 10.0. The van der Waals surface area contributed by atoms with Gasteiger partial charge in [-0.1, -0.05) is 0 Å². The molecule has 98 valence electrons. The summed E-state index contributed by atoms with van der Waals surface area (Å²) in [6.45, 7) is 2.01. The zero-order valence-corrected chi connectivity index (χ0v) is 10.0. The number of nitro benzene ring substituents is 1. The summed E-state index contributed by atoms with van der Waals surface area (Å²) in [5, 5.41) is 19.7. The maximum absolute atomic E-state index is 10.9. The van der Waals surface area contributed by atoms with Crippen molar-refractivity contribution in [1.29, 1.82) is 0 Å². The van der Waals surface area contributed by atoms with Gasteiger partial charge in [-0.25, -0.2) is 4.79 Å². The molecule has 1 N–H and O–H groups in total. The number of carbonyl (C=O) groups is 1. The SMILES string of the molecule is COCCOc1cc(C(=O)O)cc([N+](=O)[O-])c1C. The lowest BCUT2D eigenvalue weighted by Crippen LogP contribution is -2.08. The standard InChI is InChI=1S/C11H13NO6/c1-7-9(12(15)16)5-8(11(13)14)6-10(7)18-4-3-17-2/h5-6H,3-4H2,1-2H3,(H,13,14). The van der Waals surface area contributed by atoms with Gasteiger partial charge in [-0.3, -0.25) is 10.1 Å². The average molecular weight is 255 g/mol. The maximum Gasteiger partial charge on any atom is 0.336 e. The van der Waals surface area contributed by atoms with Crippen LogP contribution in [0.1, 0.15) is 15.9 Å². The third-order valence-corrected chi connectivity index (χ3v) is 2.32. The highest BCUT2D eigenvalue weighted by Gasteiger charge is 2.19. The largest absolute Gasteiger partial charge is 0.491 e. The number of benzene rings is 1. The van der Waals surface area contributed by atoms with Crippen molar-refractivity contribution < 1.29 is 24.3 Å². The van der Waals surface area contributed by atoms with Gasteiger partial charge in [-0.2, -0.15) is 0 Å². The van der Waals surface area contributed by atoms with Crippen molar-refractivity contribution in [3.8, 4) is 5.75 Å². The number of nitro groups is 1. The Kier molecular flexibility index (Phi) is 4.61. The fraction of sp³-hybridized carbons (Fsp3) is 0.364. The van der Waals surface area contributed by atoms with Gasteiger partial charge in [-0.05, 0) is 13.0 Å². The highest BCUT2D eigenvalue weighted by molar-refractivity contribution is 5.89. The van der Waals surface area contributed by atoms with Crippen molar-refractivity contribution in [1.82, 2.24) is 0 Å². The normalized spacial score (nSPS) is 10.1. The van der Waals surface area contributed by atoms with E-state index in [-0.39, 0.29) is 23.6 Å². The molecular weight excluding hydrogens is 242 g/mol. The highest BCUT2D eigenvalue weighted by atomic mass is 16.6. The van der Waals surface area contributed by atoms with Crippen molar-refractivity contribution in [2.45, 2.75) is 6.92 Å². The van der Waals surface area contributed by atoms with Gasteiger partial charge in [0.25, 0.3) is 5.69 Å². The molecule has 0 radical (unpaired) electrons. The Balaban J connectivity index is 3.14. The minimum atomic E-state index is -1.24. The summed E-state index contributed by atoms with van der Waals surface area (Å²) in [6, 6.07) is 2.28. The molecule has 0 amide bonds. The summed E-state index contributed by atoms with van der Waals surface area (Å²) in [7, 11) is 1.49. The summed E-state index contributed by atoms with van der Waals surface area (Å²) in [5.74, 6) is -1.06. The van der Waals surface area contributed by atoms with Gasteiger partial charge in [0.1, 0.15) is 12.4 Å². The number of rotatable bonds is 6. The number of methoxy groups -OCH3 is 1. The number of hydrogen-bond acceptors (Lipinski definition) is 5. The summed E-state index contributed by atoms with van der Waals surface area (Å²) < 4.78 is 10.0. The summed E-state index contributed by atoms with van der Waals surface area (Å²) in [6.07, 6.45) is 0. The second-order valence-corrected chi connectivity index (χ2v) is 3.52.